The molecular formula is C8H18NOSi. The van der Waals surface area contributed by atoms with Crippen LogP contribution in [0.15, 0.2) is 0 Å². The van der Waals surface area contributed by atoms with Crippen LogP contribution in [0.3, 0.4) is 0 Å². The van der Waals surface area contributed by atoms with Gasteiger partial charge in [0.05, 0.1) is 0 Å². The van der Waals surface area contributed by atoms with Crippen LogP contribution in [0.4, 0.5) is 4.79 Å². The van der Waals surface area contributed by atoms with Crippen molar-refractivity contribution in [3.8, 4) is 0 Å². The van der Waals surface area contributed by atoms with Gasteiger partial charge in [-0.05, 0) is 20.3 Å². The maximum Gasteiger partial charge on any atom is 0.190 e. The Morgan fingerprint density at radius 1 is 1.45 bits per heavy atom. The molecule has 0 aromatic heterocycles. The van der Waals surface area contributed by atoms with Crippen LogP contribution in [0.1, 0.15) is 27.2 Å². The molecule has 3 heteroatoms. The molecule has 0 spiro atoms. The molecule has 0 aromatic rings. The molecule has 0 bridgehead atoms. The summed E-state index contributed by atoms with van der Waals surface area (Å²) in [4.78, 5) is 11.3. The van der Waals surface area contributed by atoms with E-state index in [1.54, 1.807) is 0 Å². The molecule has 0 aromatic carbocycles. The maximum absolute atomic E-state index is 11.3. The summed E-state index contributed by atoms with van der Waals surface area (Å²) in [6.07, 6.45) is 0.980. The molecule has 0 saturated carbocycles. The van der Waals surface area contributed by atoms with E-state index in [-0.39, 0.29) is 11.1 Å². The van der Waals surface area contributed by atoms with Gasteiger partial charge in [0.2, 0.25) is 0 Å². The van der Waals surface area contributed by atoms with Crippen molar-refractivity contribution < 1.29 is 4.79 Å². The third-order valence-corrected chi connectivity index (χ3v) is 2.82. The van der Waals surface area contributed by atoms with E-state index in [0.29, 0.717) is 0 Å². The number of carbonyl (C=O) groups is 1. The number of carbonyl (C=O) groups excluding carboxylic acids is 1. The average molecular weight is 172 g/mol. The van der Waals surface area contributed by atoms with E-state index in [4.69, 9.17) is 0 Å². The highest BCUT2D eigenvalue weighted by Gasteiger charge is 2.19. The SMILES string of the molecule is CCC(C)(C)NC(=O)[Si](C)C. The van der Waals surface area contributed by atoms with E-state index in [1.807, 2.05) is 13.1 Å². The van der Waals surface area contributed by atoms with Crippen molar-refractivity contribution in [2.75, 3.05) is 0 Å². The molecule has 0 aliphatic heterocycles. The highest BCUT2D eigenvalue weighted by Crippen LogP contribution is 2.06. The minimum Gasteiger partial charge on any atom is -0.356 e. The molecule has 1 amide bonds. The van der Waals surface area contributed by atoms with Crippen LogP contribution in [-0.2, 0) is 0 Å². The van der Waals surface area contributed by atoms with E-state index in [0.717, 1.165) is 6.42 Å². The smallest absolute Gasteiger partial charge is 0.190 e. The summed E-state index contributed by atoms with van der Waals surface area (Å²) < 4.78 is 0. The predicted molar refractivity (Wildman–Crippen MR) is 50.4 cm³/mol. The minimum atomic E-state index is -0.805. The van der Waals surface area contributed by atoms with Gasteiger partial charge in [-0.15, -0.1) is 0 Å². The van der Waals surface area contributed by atoms with E-state index in [2.05, 4.69) is 26.1 Å². The van der Waals surface area contributed by atoms with Crippen LogP contribution < -0.4 is 5.32 Å². The van der Waals surface area contributed by atoms with Crippen molar-refractivity contribution in [2.45, 2.75) is 45.8 Å². The van der Waals surface area contributed by atoms with Gasteiger partial charge in [-0.1, -0.05) is 20.0 Å². The number of hydrogen-bond donors (Lipinski definition) is 1. The average Bonchev–Trinajstić information content (AvgIpc) is 1.87. The molecule has 2 nitrogen and oxygen atoms in total. The Hall–Kier alpha value is -0.313. The normalized spacial score (nSPS) is 11.8. The van der Waals surface area contributed by atoms with E-state index >= 15 is 0 Å². The number of amides is 1. The molecule has 0 aliphatic rings. The predicted octanol–water partition coefficient (Wildman–Crippen LogP) is 2.22. The van der Waals surface area contributed by atoms with Gasteiger partial charge in [0, 0.05) is 5.54 Å². The lowest BCUT2D eigenvalue weighted by atomic mass is 10.0. The lowest BCUT2D eigenvalue weighted by Gasteiger charge is -2.25. The third kappa shape index (κ3) is 4.19. The quantitative estimate of drug-likeness (QED) is 0.650. The van der Waals surface area contributed by atoms with Crippen LogP contribution in [-0.4, -0.2) is 19.9 Å². The van der Waals surface area contributed by atoms with Crippen molar-refractivity contribution in [1.82, 2.24) is 5.32 Å². The molecule has 0 aliphatic carbocycles. The van der Waals surface area contributed by atoms with Gasteiger partial charge in [-0.25, -0.2) is 0 Å². The highest BCUT2D eigenvalue weighted by molar-refractivity contribution is 6.87. The van der Waals surface area contributed by atoms with E-state index in [1.165, 1.54) is 0 Å². The lowest BCUT2D eigenvalue weighted by Crippen LogP contribution is -2.46. The molecule has 0 unspecified atom stereocenters. The summed E-state index contributed by atoms with van der Waals surface area (Å²) in [5.41, 5.74) is 0.209. The second kappa shape index (κ2) is 3.90. The molecule has 65 valence electrons. The topological polar surface area (TPSA) is 29.1 Å². The van der Waals surface area contributed by atoms with Gasteiger partial charge in [-0.2, -0.15) is 0 Å². The van der Waals surface area contributed by atoms with Gasteiger partial charge in [0.25, 0.3) is 0 Å². The van der Waals surface area contributed by atoms with Crippen LogP contribution in [0.2, 0.25) is 13.1 Å². The Labute approximate surface area is 71.0 Å². The van der Waals surface area contributed by atoms with Crippen molar-refractivity contribution in [1.29, 1.82) is 0 Å². The summed E-state index contributed by atoms with van der Waals surface area (Å²) in [6.45, 7) is 10.2. The van der Waals surface area contributed by atoms with Crippen LogP contribution in [0.25, 0.3) is 0 Å². The zero-order chi connectivity index (χ0) is 9.07. The molecule has 1 N–H and O–H groups in total. The van der Waals surface area contributed by atoms with Gasteiger partial charge < -0.3 is 5.32 Å². The lowest BCUT2D eigenvalue weighted by molar-refractivity contribution is 0.247. The number of hydrogen-bond acceptors (Lipinski definition) is 1. The molecule has 0 heterocycles. The summed E-state index contributed by atoms with van der Waals surface area (Å²) in [5, 5.41) is 3.01. The fourth-order valence-electron chi connectivity index (χ4n) is 0.521. The first-order chi connectivity index (χ1) is 4.89. The van der Waals surface area contributed by atoms with Crippen LogP contribution in [0, 0.1) is 0 Å². The summed E-state index contributed by atoms with van der Waals surface area (Å²) in [7, 11) is -0.805. The molecule has 0 rings (SSSR count). The maximum atomic E-state index is 11.3. The molecule has 11 heavy (non-hydrogen) atoms. The zero-order valence-electron chi connectivity index (χ0n) is 8.12. The van der Waals surface area contributed by atoms with E-state index < -0.39 is 8.80 Å². The highest BCUT2D eigenvalue weighted by atomic mass is 28.3. The molecule has 0 fully saturated rings. The van der Waals surface area contributed by atoms with Crippen molar-refractivity contribution >= 4 is 14.3 Å². The van der Waals surface area contributed by atoms with Crippen LogP contribution >= 0.6 is 0 Å². The Bertz CT molecular complexity index is 143. The molecule has 0 atom stereocenters. The standard InChI is InChI=1S/C8H18NOSi/c1-6-8(2,3)9-7(10)11(4)5/h6H2,1-5H3,(H,9,10). The van der Waals surface area contributed by atoms with Gasteiger partial charge in [-0.3, -0.25) is 4.79 Å². The Morgan fingerprint density at radius 2 is 1.91 bits per heavy atom. The Balaban J connectivity index is 3.94. The van der Waals surface area contributed by atoms with Gasteiger partial charge in [0.15, 0.2) is 14.3 Å². The van der Waals surface area contributed by atoms with Gasteiger partial charge in [0.1, 0.15) is 0 Å². The largest absolute Gasteiger partial charge is 0.356 e. The van der Waals surface area contributed by atoms with Crippen molar-refractivity contribution in [3.63, 3.8) is 0 Å². The summed E-state index contributed by atoms with van der Waals surface area (Å²) >= 11 is 0. The molecule has 0 saturated heterocycles. The van der Waals surface area contributed by atoms with Crippen molar-refractivity contribution in [2.24, 2.45) is 0 Å². The van der Waals surface area contributed by atoms with Gasteiger partial charge >= 0.3 is 0 Å². The summed E-state index contributed by atoms with van der Waals surface area (Å²) in [6, 6.07) is 0. The first-order valence-electron chi connectivity index (χ1n) is 4.01. The molecule has 1 radical (unpaired) electrons. The number of nitrogens with one attached hydrogen (secondary N) is 1. The Kier molecular flexibility index (Phi) is 3.79. The first-order valence-corrected chi connectivity index (χ1v) is 6.51. The van der Waals surface area contributed by atoms with Crippen molar-refractivity contribution in [3.05, 3.63) is 0 Å². The second-order valence-corrected chi connectivity index (χ2v) is 6.15. The third-order valence-electron chi connectivity index (χ3n) is 1.79. The second-order valence-electron chi connectivity index (χ2n) is 3.69. The number of rotatable bonds is 3. The first kappa shape index (κ1) is 10.7. The van der Waals surface area contributed by atoms with E-state index in [9.17, 15) is 4.79 Å². The van der Waals surface area contributed by atoms with Crippen LogP contribution in [0.5, 0.6) is 0 Å². The fourth-order valence-corrected chi connectivity index (χ4v) is 1.11. The molecular weight excluding hydrogens is 154 g/mol. The summed E-state index contributed by atoms with van der Waals surface area (Å²) in [5.74, 6) is 0. The minimum absolute atomic E-state index is 0.0288. The fraction of sp³-hybridized carbons (Fsp3) is 0.875. The Morgan fingerprint density at radius 3 is 2.18 bits per heavy atom. The monoisotopic (exact) mass is 172 g/mol. The zero-order valence-corrected chi connectivity index (χ0v) is 9.12.